The van der Waals surface area contributed by atoms with Gasteiger partial charge in [-0.05, 0) is 23.2 Å². The molecule has 3 nitrogen and oxygen atoms in total. The molecule has 0 aromatic heterocycles. The van der Waals surface area contributed by atoms with Gasteiger partial charge in [0.15, 0.2) is 0 Å². The average Bonchev–Trinajstić information content (AvgIpc) is 2.51. The summed E-state index contributed by atoms with van der Waals surface area (Å²) in [6.07, 6.45) is -0.687. The first-order valence-corrected chi connectivity index (χ1v) is 8.75. The van der Waals surface area contributed by atoms with E-state index in [1.165, 1.54) is 0 Å². The molecule has 2 rings (SSSR count). The number of thioether (sulfide) groups is 1. The molecule has 4 heteroatoms. The van der Waals surface area contributed by atoms with Crippen LogP contribution >= 0.6 is 11.8 Å². The predicted octanol–water partition coefficient (Wildman–Crippen LogP) is 3.31. The van der Waals surface area contributed by atoms with Crippen LogP contribution < -0.4 is 0 Å². The summed E-state index contributed by atoms with van der Waals surface area (Å²) in [5.41, 5.74) is 1.29. The molecule has 1 aromatic carbocycles. The maximum Gasteiger partial charge on any atom is 0.108 e. The third-order valence-corrected chi connectivity index (χ3v) is 5.41. The van der Waals surface area contributed by atoms with Crippen molar-refractivity contribution >= 4 is 11.8 Å². The highest BCUT2D eigenvalue weighted by atomic mass is 32.2. The minimum Gasteiger partial charge on any atom is -0.390 e. The molecule has 1 heterocycles. The van der Waals surface area contributed by atoms with Crippen molar-refractivity contribution < 1.29 is 14.6 Å². The van der Waals surface area contributed by atoms with Gasteiger partial charge in [0.1, 0.15) is 11.5 Å². The molecule has 1 aliphatic heterocycles. The molecule has 0 radical (unpaired) electrons. The normalized spacial score (nSPS) is 33.0. The van der Waals surface area contributed by atoms with Gasteiger partial charge in [0.2, 0.25) is 0 Å². The van der Waals surface area contributed by atoms with Gasteiger partial charge in [-0.25, -0.2) is 0 Å². The third kappa shape index (κ3) is 4.46. The first-order valence-electron chi connectivity index (χ1n) is 7.70. The van der Waals surface area contributed by atoms with Gasteiger partial charge in [-0.3, -0.25) is 0 Å². The van der Waals surface area contributed by atoms with Crippen molar-refractivity contribution in [1.82, 2.24) is 0 Å². The van der Waals surface area contributed by atoms with Crippen LogP contribution in [0.3, 0.4) is 0 Å². The molecule has 5 unspecified atom stereocenters. The van der Waals surface area contributed by atoms with E-state index in [-0.39, 0.29) is 17.5 Å². The van der Waals surface area contributed by atoms with Gasteiger partial charge in [-0.2, -0.15) is 0 Å². The van der Waals surface area contributed by atoms with Crippen LogP contribution in [0.25, 0.3) is 0 Å². The zero-order valence-electron chi connectivity index (χ0n) is 13.1. The molecule has 1 aliphatic rings. The molecule has 0 spiro atoms. The summed E-state index contributed by atoms with van der Waals surface area (Å²) in [7, 11) is 0. The zero-order chi connectivity index (χ0) is 15.2. The van der Waals surface area contributed by atoms with Crippen LogP contribution in [0.4, 0.5) is 0 Å². The Hall–Kier alpha value is -0.550. The zero-order valence-corrected chi connectivity index (χ0v) is 13.9. The number of benzene rings is 1. The topological polar surface area (TPSA) is 38.7 Å². The SMILES string of the molecule is CCSC1OC(COCc2ccccc2)C(O)C(C)C1C. The van der Waals surface area contributed by atoms with E-state index in [0.717, 1.165) is 11.3 Å². The highest BCUT2D eigenvalue weighted by molar-refractivity contribution is 7.99. The molecule has 1 fully saturated rings. The molecule has 0 aliphatic carbocycles. The van der Waals surface area contributed by atoms with Crippen LogP contribution in [0.2, 0.25) is 0 Å². The van der Waals surface area contributed by atoms with E-state index in [2.05, 4.69) is 20.8 Å². The number of aliphatic hydroxyl groups excluding tert-OH is 1. The Labute approximate surface area is 132 Å². The summed E-state index contributed by atoms with van der Waals surface area (Å²) in [5.74, 6) is 1.61. The Bertz CT molecular complexity index is 412. The van der Waals surface area contributed by atoms with Crippen LogP contribution in [-0.2, 0) is 16.1 Å². The second-order valence-corrected chi connectivity index (χ2v) is 7.08. The molecule has 118 valence electrons. The Morgan fingerprint density at radius 2 is 1.90 bits per heavy atom. The Balaban J connectivity index is 1.86. The molecular formula is C17H26O3S. The molecule has 1 aromatic rings. The summed E-state index contributed by atoms with van der Waals surface area (Å²) in [4.78, 5) is 0. The van der Waals surface area contributed by atoms with Crippen LogP contribution in [0.1, 0.15) is 26.3 Å². The molecule has 0 bridgehead atoms. The summed E-state index contributed by atoms with van der Waals surface area (Å²) in [5, 5.41) is 10.4. The first kappa shape index (κ1) is 16.8. The maximum atomic E-state index is 10.4. The number of hydrogen-bond acceptors (Lipinski definition) is 4. The van der Waals surface area contributed by atoms with E-state index in [0.29, 0.717) is 19.1 Å². The highest BCUT2D eigenvalue weighted by Crippen LogP contribution is 2.36. The molecule has 5 atom stereocenters. The summed E-state index contributed by atoms with van der Waals surface area (Å²) in [6.45, 7) is 7.39. The second-order valence-electron chi connectivity index (χ2n) is 5.71. The minimum absolute atomic E-state index is 0.152. The lowest BCUT2D eigenvalue weighted by molar-refractivity contribution is -0.161. The lowest BCUT2D eigenvalue weighted by Crippen LogP contribution is -2.50. The third-order valence-electron chi connectivity index (χ3n) is 4.21. The molecular weight excluding hydrogens is 284 g/mol. The fraction of sp³-hybridized carbons (Fsp3) is 0.647. The fourth-order valence-electron chi connectivity index (χ4n) is 2.63. The van der Waals surface area contributed by atoms with Gasteiger partial charge >= 0.3 is 0 Å². The largest absolute Gasteiger partial charge is 0.390 e. The van der Waals surface area contributed by atoms with Gasteiger partial charge in [-0.1, -0.05) is 51.1 Å². The second kappa shape index (κ2) is 8.18. The van der Waals surface area contributed by atoms with E-state index in [4.69, 9.17) is 9.47 Å². The summed E-state index contributed by atoms with van der Waals surface area (Å²) >= 11 is 1.81. The lowest BCUT2D eigenvalue weighted by Gasteiger charge is -2.42. The van der Waals surface area contributed by atoms with Gasteiger partial charge in [0.25, 0.3) is 0 Å². The number of hydrogen-bond donors (Lipinski definition) is 1. The van der Waals surface area contributed by atoms with E-state index in [1.807, 2.05) is 42.1 Å². The van der Waals surface area contributed by atoms with Crippen molar-refractivity contribution in [2.24, 2.45) is 11.8 Å². The van der Waals surface area contributed by atoms with Gasteiger partial charge < -0.3 is 14.6 Å². The van der Waals surface area contributed by atoms with Crippen LogP contribution in [0.5, 0.6) is 0 Å². The average molecular weight is 310 g/mol. The van der Waals surface area contributed by atoms with E-state index < -0.39 is 6.10 Å². The van der Waals surface area contributed by atoms with Crippen molar-refractivity contribution in [1.29, 1.82) is 0 Å². The number of ether oxygens (including phenoxy) is 2. The van der Waals surface area contributed by atoms with Crippen molar-refractivity contribution in [3.63, 3.8) is 0 Å². The molecule has 1 saturated heterocycles. The van der Waals surface area contributed by atoms with Gasteiger partial charge in [-0.15, -0.1) is 11.8 Å². The number of rotatable bonds is 6. The van der Waals surface area contributed by atoms with E-state index in [9.17, 15) is 5.11 Å². The van der Waals surface area contributed by atoms with Crippen LogP contribution in [0, 0.1) is 11.8 Å². The van der Waals surface area contributed by atoms with Crippen LogP contribution in [-0.4, -0.2) is 35.1 Å². The van der Waals surface area contributed by atoms with Crippen molar-refractivity contribution in [2.45, 2.75) is 45.0 Å². The molecule has 21 heavy (non-hydrogen) atoms. The van der Waals surface area contributed by atoms with Crippen LogP contribution in [0.15, 0.2) is 30.3 Å². The Morgan fingerprint density at radius 1 is 1.19 bits per heavy atom. The van der Waals surface area contributed by atoms with Gasteiger partial charge in [0.05, 0.1) is 19.3 Å². The Kier molecular flexibility index (Phi) is 6.55. The summed E-state index contributed by atoms with van der Waals surface area (Å²) < 4.78 is 11.8. The minimum atomic E-state index is -0.454. The smallest absolute Gasteiger partial charge is 0.108 e. The Morgan fingerprint density at radius 3 is 2.57 bits per heavy atom. The molecule has 1 N–H and O–H groups in total. The van der Waals surface area contributed by atoms with Crippen molar-refractivity contribution in [3.8, 4) is 0 Å². The lowest BCUT2D eigenvalue weighted by atomic mass is 9.86. The highest BCUT2D eigenvalue weighted by Gasteiger charge is 2.40. The van der Waals surface area contributed by atoms with E-state index >= 15 is 0 Å². The monoisotopic (exact) mass is 310 g/mol. The predicted molar refractivity (Wildman–Crippen MR) is 87.2 cm³/mol. The van der Waals surface area contributed by atoms with Gasteiger partial charge in [0, 0.05) is 0 Å². The first-order chi connectivity index (χ1) is 10.1. The molecule has 0 saturated carbocycles. The molecule has 0 amide bonds. The van der Waals surface area contributed by atoms with E-state index in [1.54, 1.807) is 0 Å². The maximum absolute atomic E-state index is 10.4. The standard InChI is InChI=1S/C17H26O3S/c1-4-21-17-13(3)12(2)16(18)15(20-17)11-19-10-14-8-6-5-7-9-14/h5-9,12-13,15-18H,4,10-11H2,1-3H3. The van der Waals surface area contributed by atoms with Crippen molar-refractivity contribution in [2.75, 3.05) is 12.4 Å². The van der Waals surface area contributed by atoms with Crippen molar-refractivity contribution in [3.05, 3.63) is 35.9 Å². The summed E-state index contributed by atoms with van der Waals surface area (Å²) in [6, 6.07) is 10.1. The quantitative estimate of drug-likeness (QED) is 0.875. The number of aliphatic hydroxyl groups is 1. The fourth-order valence-corrected chi connectivity index (χ4v) is 3.74.